The van der Waals surface area contributed by atoms with E-state index in [1.165, 1.54) is 51.4 Å². The number of carbonyl (C=O) groups is 2. The van der Waals surface area contributed by atoms with Crippen LogP contribution in [0, 0.1) is 0 Å². The van der Waals surface area contributed by atoms with Gasteiger partial charge in [-0.3, -0.25) is 9.59 Å². The molecule has 0 bridgehead atoms. The van der Waals surface area contributed by atoms with E-state index in [4.69, 9.17) is 9.47 Å². The summed E-state index contributed by atoms with van der Waals surface area (Å²) in [6.07, 6.45) is 45.6. The number of allylic oxidation sites excluding steroid dienone is 10. The van der Waals surface area contributed by atoms with E-state index in [1.807, 2.05) is 0 Å². The van der Waals surface area contributed by atoms with Gasteiger partial charge in [0, 0.05) is 12.8 Å². The lowest BCUT2D eigenvalue weighted by molar-refractivity contribution is -0.161. The van der Waals surface area contributed by atoms with Crippen molar-refractivity contribution in [2.24, 2.45) is 0 Å². The van der Waals surface area contributed by atoms with Gasteiger partial charge in [-0.2, -0.15) is 0 Å². The lowest BCUT2D eigenvalue weighted by Gasteiger charge is -2.15. The average molecular weight is 629 g/mol. The number of esters is 2. The van der Waals surface area contributed by atoms with E-state index in [9.17, 15) is 14.7 Å². The molecule has 0 aliphatic carbocycles. The fraction of sp³-hybridized carbons (Fsp3) is 0.700. The Balaban J connectivity index is 3.66. The summed E-state index contributed by atoms with van der Waals surface area (Å²) in [7, 11) is 0. The van der Waals surface area contributed by atoms with E-state index in [0.29, 0.717) is 12.8 Å². The number of aliphatic hydroxyl groups excluding tert-OH is 1. The Labute approximate surface area is 277 Å². The monoisotopic (exact) mass is 629 g/mol. The molecule has 0 aromatic heterocycles. The van der Waals surface area contributed by atoms with E-state index < -0.39 is 6.10 Å². The molecular formula is C40H68O5. The maximum Gasteiger partial charge on any atom is 0.306 e. The van der Waals surface area contributed by atoms with Crippen molar-refractivity contribution in [1.82, 2.24) is 0 Å². The molecule has 0 rings (SSSR count). The van der Waals surface area contributed by atoms with Crippen molar-refractivity contribution >= 4 is 11.9 Å². The van der Waals surface area contributed by atoms with Crippen LogP contribution in [0.25, 0.3) is 0 Å². The van der Waals surface area contributed by atoms with Gasteiger partial charge in [-0.15, -0.1) is 0 Å². The van der Waals surface area contributed by atoms with Crippen LogP contribution in [0.1, 0.15) is 162 Å². The molecule has 45 heavy (non-hydrogen) atoms. The Morgan fingerprint density at radius 1 is 0.533 bits per heavy atom. The highest BCUT2D eigenvalue weighted by Gasteiger charge is 2.16. The smallest absolute Gasteiger partial charge is 0.306 e. The van der Waals surface area contributed by atoms with Crippen LogP contribution in [0.3, 0.4) is 0 Å². The van der Waals surface area contributed by atoms with E-state index in [-0.39, 0.29) is 25.2 Å². The van der Waals surface area contributed by atoms with Crippen LogP contribution in [0.15, 0.2) is 60.8 Å². The van der Waals surface area contributed by atoms with Gasteiger partial charge in [-0.25, -0.2) is 0 Å². The van der Waals surface area contributed by atoms with Crippen molar-refractivity contribution in [3.63, 3.8) is 0 Å². The van der Waals surface area contributed by atoms with Crippen molar-refractivity contribution in [2.45, 2.75) is 168 Å². The van der Waals surface area contributed by atoms with Crippen molar-refractivity contribution in [1.29, 1.82) is 0 Å². The number of hydrogen-bond donors (Lipinski definition) is 1. The van der Waals surface area contributed by atoms with Gasteiger partial charge in [0.1, 0.15) is 6.61 Å². The second kappa shape index (κ2) is 36.1. The maximum atomic E-state index is 12.1. The number of unbranched alkanes of at least 4 members (excludes halogenated alkanes) is 14. The Morgan fingerprint density at radius 3 is 1.47 bits per heavy atom. The SMILES string of the molecule is CC/C=C\C/C=C\C/C=C\C/C=C\CCCCCCC(=O)OC(CO)COC(=O)CCCCCCC/C=C\CCCCCCC. The molecule has 1 unspecified atom stereocenters. The number of rotatable bonds is 32. The van der Waals surface area contributed by atoms with E-state index >= 15 is 0 Å². The Kier molecular flexibility index (Phi) is 34.1. The normalized spacial score (nSPS) is 12.9. The predicted molar refractivity (Wildman–Crippen MR) is 191 cm³/mol. The van der Waals surface area contributed by atoms with E-state index in [2.05, 4.69) is 74.6 Å². The van der Waals surface area contributed by atoms with Crippen LogP contribution in [-0.2, 0) is 19.1 Å². The summed E-state index contributed by atoms with van der Waals surface area (Å²) in [4.78, 5) is 24.2. The van der Waals surface area contributed by atoms with E-state index in [0.717, 1.165) is 83.5 Å². The molecule has 0 saturated carbocycles. The molecule has 0 aliphatic rings. The Bertz CT molecular complexity index is 808. The van der Waals surface area contributed by atoms with Crippen LogP contribution in [0.2, 0.25) is 0 Å². The minimum absolute atomic E-state index is 0.0825. The Morgan fingerprint density at radius 2 is 0.956 bits per heavy atom. The maximum absolute atomic E-state index is 12.1. The molecule has 0 aromatic carbocycles. The van der Waals surface area contributed by atoms with Gasteiger partial charge in [0.2, 0.25) is 0 Å². The van der Waals surface area contributed by atoms with Crippen LogP contribution < -0.4 is 0 Å². The first-order valence-electron chi connectivity index (χ1n) is 18.3. The summed E-state index contributed by atoms with van der Waals surface area (Å²) in [6.45, 7) is 3.97. The number of ether oxygens (including phenoxy) is 2. The second-order valence-electron chi connectivity index (χ2n) is 11.9. The first-order chi connectivity index (χ1) is 22.1. The number of carbonyl (C=O) groups excluding carboxylic acids is 2. The molecule has 5 nitrogen and oxygen atoms in total. The van der Waals surface area contributed by atoms with Gasteiger partial charge in [0.25, 0.3) is 0 Å². The number of aliphatic hydroxyl groups is 1. The zero-order chi connectivity index (χ0) is 32.9. The van der Waals surface area contributed by atoms with Crippen molar-refractivity contribution in [2.75, 3.05) is 13.2 Å². The molecule has 0 spiro atoms. The van der Waals surface area contributed by atoms with Gasteiger partial charge in [0.15, 0.2) is 6.10 Å². The summed E-state index contributed by atoms with van der Waals surface area (Å²) < 4.78 is 10.6. The lowest BCUT2D eigenvalue weighted by Crippen LogP contribution is -2.28. The fourth-order valence-electron chi connectivity index (χ4n) is 4.77. The third-order valence-corrected chi connectivity index (χ3v) is 7.55. The summed E-state index contributed by atoms with van der Waals surface area (Å²) in [5.74, 6) is -0.634. The summed E-state index contributed by atoms with van der Waals surface area (Å²) in [5.41, 5.74) is 0. The van der Waals surface area contributed by atoms with Gasteiger partial charge >= 0.3 is 11.9 Å². The molecule has 0 heterocycles. The van der Waals surface area contributed by atoms with Gasteiger partial charge in [-0.05, 0) is 77.0 Å². The molecule has 0 amide bonds. The first-order valence-corrected chi connectivity index (χ1v) is 18.3. The summed E-state index contributed by atoms with van der Waals surface area (Å²) >= 11 is 0. The van der Waals surface area contributed by atoms with Gasteiger partial charge in [0.05, 0.1) is 6.61 Å². The van der Waals surface area contributed by atoms with Crippen LogP contribution in [-0.4, -0.2) is 36.4 Å². The van der Waals surface area contributed by atoms with E-state index in [1.54, 1.807) is 0 Å². The van der Waals surface area contributed by atoms with Crippen LogP contribution >= 0.6 is 0 Å². The average Bonchev–Trinajstić information content (AvgIpc) is 3.04. The molecule has 0 aliphatic heterocycles. The zero-order valence-electron chi connectivity index (χ0n) is 29.1. The lowest BCUT2D eigenvalue weighted by atomic mass is 10.1. The van der Waals surface area contributed by atoms with Crippen molar-refractivity contribution in [3.05, 3.63) is 60.8 Å². The standard InChI is InChI=1S/C40H68O5/c1-3-5-7-9-11-13-15-17-19-20-21-23-25-27-29-31-33-35-40(43)45-38(36-41)37-44-39(42)34-32-30-28-26-24-22-18-16-14-12-10-8-6-4-2/h5,7,11,13,16-19,21,23,38,41H,3-4,6,8-10,12,14-15,20,22,24-37H2,1-2H3/b7-5-,13-11-,18-16-,19-17-,23-21-. The molecule has 258 valence electrons. The minimum Gasteiger partial charge on any atom is -0.462 e. The molecule has 1 atom stereocenters. The fourth-order valence-corrected chi connectivity index (χ4v) is 4.77. The quantitative estimate of drug-likeness (QED) is 0.0456. The molecule has 0 fully saturated rings. The topological polar surface area (TPSA) is 72.8 Å². The Hall–Kier alpha value is -2.40. The predicted octanol–water partition coefficient (Wildman–Crippen LogP) is 11.2. The first kappa shape index (κ1) is 42.6. The third kappa shape index (κ3) is 34.3. The minimum atomic E-state index is -0.788. The van der Waals surface area contributed by atoms with Crippen molar-refractivity contribution in [3.8, 4) is 0 Å². The van der Waals surface area contributed by atoms with Gasteiger partial charge in [-0.1, -0.05) is 132 Å². The molecule has 1 N–H and O–H groups in total. The molecule has 5 heteroatoms. The third-order valence-electron chi connectivity index (χ3n) is 7.55. The molecule has 0 aromatic rings. The molecule has 0 saturated heterocycles. The number of hydrogen-bond acceptors (Lipinski definition) is 5. The van der Waals surface area contributed by atoms with Crippen LogP contribution in [0.5, 0.6) is 0 Å². The molecule has 0 radical (unpaired) electrons. The largest absolute Gasteiger partial charge is 0.462 e. The van der Waals surface area contributed by atoms with Crippen molar-refractivity contribution < 1.29 is 24.2 Å². The summed E-state index contributed by atoms with van der Waals surface area (Å²) in [6, 6.07) is 0. The zero-order valence-corrected chi connectivity index (χ0v) is 29.1. The highest BCUT2D eigenvalue weighted by molar-refractivity contribution is 5.70. The highest BCUT2D eigenvalue weighted by Crippen LogP contribution is 2.11. The second-order valence-corrected chi connectivity index (χ2v) is 11.9. The van der Waals surface area contributed by atoms with Gasteiger partial charge < -0.3 is 14.6 Å². The van der Waals surface area contributed by atoms with Crippen LogP contribution in [0.4, 0.5) is 0 Å². The molecular weight excluding hydrogens is 560 g/mol. The highest BCUT2D eigenvalue weighted by atomic mass is 16.6. The summed E-state index contributed by atoms with van der Waals surface area (Å²) in [5, 5.41) is 9.53.